The second kappa shape index (κ2) is 6.47. The van der Waals surface area contributed by atoms with Crippen LogP contribution in [0.25, 0.3) is 0 Å². The molecule has 1 aromatic heterocycles. The topological polar surface area (TPSA) is 60.2 Å². The Kier molecular flexibility index (Phi) is 4.68. The number of aryl methyl sites for hydroxylation is 1. The Hall–Kier alpha value is -1.95. The van der Waals surface area contributed by atoms with Crippen LogP contribution >= 0.6 is 0 Å². The van der Waals surface area contributed by atoms with E-state index in [1.165, 1.54) is 6.07 Å². The summed E-state index contributed by atoms with van der Waals surface area (Å²) in [6, 6.07) is 5.18. The zero-order chi connectivity index (χ0) is 14.5. The summed E-state index contributed by atoms with van der Waals surface area (Å²) < 4.78 is 24.2. The fraction of sp³-hybridized carbons (Fsp3) is 0.429. The predicted octanol–water partition coefficient (Wildman–Crippen LogP) is 2.59. The molecule has 0 radical (unpaired) electrons. The molecule has 0 atom stereocenters. The maximum Gasteiger partial charge on any atom is 0.223 e. The summed E-state index contributed by atoms with van der Waals surface area (Å²) in [4.78, 5) is 4.02. The van der Waals surface area contributed by atoms with Gasteiger partial charge in [-0.05, 0) is 6.07 Å². The third kappa shape index (κ3) is 3.77. The van der Waals surface area contributed by atoms with Crippen molar-refractivity contribution in [1.29, 1.82) is 0 Å². The normalized spacial score (nSPS) is 11.1. The number of rotatable bonds is 6. The van der Waals surface area contributed by atoms with Crippen molar-refractivity contribution in [3.8, 4) is 5.75 Å². The number of hydrogen-bond donors (Lipinski definition) is 1. The van der Waals surface area contributed by atoms with Crippen LogP contribution in [0.3, 0.4) is 0 Å². The van der Waals surface area contributed by atoms with Gasteiger partial charge in [0.1, 0.15) is 0 Å². The van der Waals surface area contributed by atoms with Crippen molar-refractivity contribution in [3.63, 3.8) is 0 Å². The van der Waals surface area contributed by atoms with E-state index in [1.54, 1.807) is 13.0 Å². The number of aromatic nitrogens is 2. The van der Waals surface area contributed by atoms with Gasteiger partial charge in [0, 0.05) is 25.1 Å². The van der Waals surface area contributed by atoms with Gasteiger partial charge in [-0.2, -0.15) is 4.98 Å². The van der Waals surface area contributed by atoms with Gasteiger partial charge in [-0.25, -0.2) is 4.39 Å². The van der Waals surface area contributed by atoms with Crippen LogP contribution in [0.1, 0.15) is 31.1 Å². The highest BCUT2D eigenvalue weighted by Gasteiger charge is 2.12. The molecule has 0 aliphatic heterocycles. The van der Waals surface area contributed by atoms with Crippen LogP contribution in [0, 0.1) is 12.7 Å². The lowest BCUT2D eigenvalue weighted by atomic mass is 10.2. The van der Waals surface area contributed by atoms with E-state index < -0.39 is 5.82 Å². The number of hydrogen-bond acceptors (Lipinski definition) is 5. The van der Waals surface area contributed by atoms with Crippen LogP contribution < -0.4 is 10.1 Å². The highest BCUT2D eigenvalue weighted by Crippen LogP contribution is 2.23. The largest absolute Gasteiger partial charge is 0.482 e. The van der Waals surface area contributed by atoms with E-state index in [9.17, 15) is 4.39 Å². The quantitative estimate of drug-likeness (QED) is 0.880. The molecule has 0 amide bonds. The van der Waals surface area contributed by atoms with Crippen LogP contribution in [-0.4, -0.2) is 16.2 Å². The molecule has 1 heterocycles. The van der Waals surface area contributed by atoms with Gasteiger partial charge in [-0.3, -0.25) is 0 Å². The van der Waals surface area contributed by atoms with Gasteiger partial charge in [0.25, 0.3) is 0 Å². The Morgan fingerprint density at radius 3 is 2.85 bits per heavy atom. The molecule has 6 heteroatoms. The molecule has 0 saturated heterocycles. The molecular weight excluding hydrogens is 261 g/mol. The van der Waals surface area contributed by atoms with Crippen LogP contribution in [0.4, 0.5) is 4.39 Å². The summed E-state index contributed by atoms with van der Waals surface area (Å²) in [7, 11) is 0. The average molecular weight is 279 g/mol. The maximum atomic E-state index is 13.9. The van der Waals surface area contributed by atoms with Crippen LogP contribution in [0.2, 0.25) is 0 Å². The summed E-state index contributed by atoms with van der Waals surface area (Å²) in [5.74, 6) is 0.684. The molecule has 2 aromatic rings. The van der Waals surface area contributed by atoms with Gasteiger partial charge in [0.2, 0.25) is 11.7 Å². The third-order valence-corrected chi connectivity index (χ3v) is 2.66. The molecule has 0 unspecified atom stereocenters. The molecule has 1 N–H and O–H groups in total. The maximum absolute atomic E-state index is 13.9. The van der Waals surface area contributed by atoms with Gasteiger partial charge in [-0.1, -0.05) is 31.1 Å². The number of halogens is 1. The second-order valence-electron chi connectivity index (χ2n) is 4.78. The van der Waals surface area contributed by atoms with Crippen molar-refractivity contribution >= 4 is 0 Å². The lowest BCUT2D eigenvalue weighted by Gasteiger charge is -2.13. The van der Waals surface area contributed by atoms with Crippen molar-refractivity contribution in [2.45, 2.75) is 40.0 Å². The molecule has 1 aromatic carbocycles. The first-order valence-electron chi connectivity index (χ1n) is 6.49. The first kappa shape index (κ1) is 14.5. The summed E-state index contributed by atoms with van der Waals surface area (Å²) >= 11 is 0. The molecule has 0 saturated carbocycles. The highest BCUT2D eigenvalue weighted by molar-refractivity contribution is 5.35. The number of nitrogens with zero attached hydrogens (tertiary/aromatic N) is 2. The Morgan fingerprint density at radius 1 is 1.40 bits per heavy atom. The van der Waals surface area contributed by atoms with Crippen molar-refractivity contribution in [1.82, 2.24) is 15.5 Å². The van der Waals surface area contributed by atoms with Crippen LogP contribution in [0.15, 0.2) is 22.7 Å². The Bertz CT molecular complexity index is 569. The van der Waals surface area contributed by atoms with Crippen molar-refractivity contribution in [3.05, 3.63) is 41.3 Å². The fourth-order valence-electron chi connectivity index (χ4n) is 1.71. The van der Waals surface area contributed by atoms with E-state index >= 15 is 0 Å². The van der Waals surface area contributed by atoms with Crippen LogP contribution in [-0.2, 0) is 13.2 Å². The SMILES string of the molecule is Cc1nc(COc2c(F)cccc2CNC(C)C)no1. The molecule has 0 aliphatic carbocycles. The van der Waals surface area contributed by atoms with Gasteiger partial charge in [-0.15, -0.1) is 0 Å². The molecule has 5 nitrogen and oxygen atoms in total. The monoisotopic (exact) mass is 279 g/mol. The minimum Gasteiger partial charge on any atom is -0.482 e. The fourth-order valence-corrected chi connectivity index (χ4v) is 1.71. The molecule has 0 bridgehead atoms. The van der Waals surface area contributed by atoms with Crippen molar-refractivity contribution in [2.75, 3.05) is 0 Å². The molecule has 0 spiro atoms. The highest BCUT2D eigenvalue weighted by atomic mass is 19.1. The van der Waals surface area contributed by atoms with E-state index in [1.807, 2.05) is 19.9 Å². The third-order valence-electron chi connectivity index (χ3n) is 2.66. The summed E-state index contributed by atoms with van der Waals surface area (Å²) in [6.07, 6.45) is 0. The number of ether oxygens (including phenoxy) is 1. The van der Waals surface area contributed by atoms with E-state index in [0.29, 0.717) is 24.3 Å². The first-order valence-corrected chi connectivity index (χ1v) is 6.49. The van der Waals surface area contributed by atoms with Gasteiger partial charge in [0.05, 0.1) is 0 Å². The summed E-state index contributed by atoms with van der Waals surface area (Å²) in [5.41, 5.74) is 0.763. The summed E-state index contributed by atoms with van der Waals surface area (Å²) in [5, 5.41) is 6.95. The average Bonchev–Trinajstić information content (AvgIpc) is 2.81. The molecule has 0 aliphatic rings. The lowest BCUT2D eigenvalue weighted by Crippen LogP contribution is -2.22. The molecule has 108 valence electrons. The molecule has 0 fully saturated rings. The number of benzene rings is 1. The van der Waals surface area contributed by atoms with Crippen LogP contribution in [0.5, 0.6) is 5.75 Å². The van der Waals surface area contributed by atoms with E-state index in [4.69, 9.17) is 9.26 Å². The molecule has 2 rings (SSSR count). The lowest BCUT2D eigenvalue weighted by molar-refractivity contribution is 0.269. The smallest absolute Gasteiger partial charge is 0.223 e. The zero-order valence-electron chi connectivity index (χ0n) is 11.8. The predicted molar refractivity (Wildman–Crippen MR) is 71.7 cm³/mol. The van der Waals surface area contributed by atoms with E-state index in [-0.39, 0.29) is 12.4 Å². The minimum atomic E-state index is -0.395. The Labute approximate surface area is 117 Å². The second-order valence-corrected chi connectivity index (χ2v) is 4.78. The molecule has 20 heavy (non-hydrogen) atoms. The van der Waals surface area contributed by atoms with Crippen molar-refractivity contribution < 1.29 is 13.7 Å². The molecular formula is C14H18FN3O2. The van der Waals surface area contributed by atoms with E-state index in [0.717, 1.165) is 5.56 Å². The van der Waals surface area contributed by atoms with E-state index in [2.05, 4.69) is 15.5 Å². The first-order chi connectivity index (χ1) is 9.56. The van der Waals surface area contributed by atoms with Gasteiger partial charge < -0.3 is 14.6 Å². The number of para-hydroxylation sites is 1. The standard InChI is InChI=1S/C14H18FN3O2/c1-9(2)16-7-11-5-4-6-12(15)14(11)19-8-13-17-10(3)20-18-13/h4-6,9,16H,7-8H2,1-3H3. The van der Waals surface area contributed by atoms with Crippen molar-refractivity contribution in [2.24, 2.45) is 0 Å². The summed E-state index contributed by atoms with van der Waals surface area (Å²) in [6.45, 7) is 6.37. The van der Waals surface area contributed by atoms with Gasteiger partial charge >= 0.3 is 0 Å². The number of nitrogens with one attached hydrogen (secondary N) is 1. The Morgan fingerprint density at radius 2 is 2.20 bits per heavy atom. The Balaban J connectivity index is 2.08. The van der Waals surface area contributed by atoms with Gasteiger partial charge in [0.15, 0.2) is 18.2 Å². The zero-order valence-corrected chi connectivity index (χ0v) is 11.8. The minimum absolute atomic E-state index is 0.0763.